The molecule has 0 spiro atoms. The van der Waals surface area contributed by atoms with Crippen molar-refractivity contribution in [1.29, 1.82) is 0 Å². The van der Waals surface area contributed by atoms with Crippen LogP contribution in [0, 0.1) is 0 Å². The van der Waals surface area contributed by atoms with Crippen LogP contribution in [0.2, 0.25) is 0 Å². The lowest BCUT2D eigenvalue weighted by atomic mass is 10.1. The number of benzene rings is 2. The van der Waals surface area contributed by atoms with Gasteiger partial charge in [-0.3, -0.25) is 4.79 Å². The van der Waals surface area contributed by atoms with Gasteiger partial charge >= 0.3 is 0 Å². The van der Waals surface area contributed by atoms with E-state index in [9.17, 15) is 4.79 Å². The molecule has 3 rings (SSSR count). The number of aromatic amines is 1. The Morgan fingerprint density at radius 2 is 1.75 bits per heavy atom. The van der Waals surface area contributed by atoms with Gasteiger partial charge in [0.05, 0.1) is 17.7 Å². The fourth-order valence-electron chi connectivity index (χ4n) is 2.21. The first-order valence-electron chi connectivity index (χ1n) is 6.50. The Morgan fingerprint density at radius 1 is 1.05 bits per heavy atom. The average Bonchev–Trinajstić information content (AvgIpc) is 2.49. The van der Waals surface area contributed by atoms with Crippen LogP contribution in [-0.4, -0.2) is 16.8 Å². The first-order valence-corrected chi connectivity index (χ1v) is 6.50. The molecule has 0 saturated carbocycles. The summed E-state index contributed by atoms with van der Waals surface area (Å²) < 4.78 is 5.43. The highest BCUT2D eigenvalue weighted by Crippen LogP contribution is 2.25. The number of rotatable bonds is 3. The molecule has 0 aliphatic rings. The van der Waals surface area contributed by atoms with Crippen LogP contribution in [0.4, 0.5) is 0 Å². The highest BCUT2D eigenvalue weighted by molar-refractivity contribution is 5.93. The molecule has 0 unspecified atom stereocenters. The van der Waals surface area contributed by atoms with Gasteiger partial charge in [0.15, 0.2) is 0 Å². The van der Waals surface area contributed by atoms with E-state index in [0.717, 1.165) is 22.4 Å². The summed E-state index contributed by atoms with van der Waals surface area (Å²) in [6.07, 6.45) is 0. The van der Waals surface area contributed by atoms with Crippen molar-refractivity contribution in [3.63, 3.8) is 0 Å². The SMILES string of the molecule is CCOc1ccc(-c2n[nH]c(=O)c3ccccc23)cc1. The van der Waals surface area contributed by atoms with Gasteiger partial charge in [0.1, 0.15) is 5.75 Å². The van der Waals surface area contributed by atoms with E-state index in [1.54, 1.807) is 6.07 Å². The second kappa shape index (κ2) is 5.17. The van der Waals surface area contributed by atoms with Gasteiger partial charge in [0.2, 0.25) is 0 Å². The third-order valence-electron chi connectivity index (χ3n) is 3.13. The van der Waals surface area contributed by atoms with E-state index in [-0.39, 0.29) is 5.56 Å². The van der Waals surface area contributed by atoms with Crippen LogP contribution >= 0.6 is 0 Å². The lowest BCUT2D eigenvalue weighted by molar-refractivity contribution is 0.340. The molecule has 4 heteroatoms. The maximum atomic E-state index is 11.8. The number of ether oxygens (including phenoxy) is 1. The first kappa shape index (κ1) is 12.4. The molecule has 0 radical (unpaired) electrons. The molecule has 100 valence electrons. The van der Waals surface area contributed by atoms with Gasteiger partial charge in [0, 0.05) is 10.9 Å². The van der Waals surface area contributed by atoms with E-state index >= 15 is 0 Å². The smallest absolute Gasteiger partial charge is 0.272 e. The summed E-state index contributed by atoms with van der Waals surface area (Å²) in [5.74, 6) is 0.824. The van der Waals surface area contributed by atoms with Gasteiger partial charge in [-0.25, -0.2) is 5.10 Å². The molecule has 0 bridgehead atoms. The molecule has 4 nitrogen and oxygen atoms in total. The summed E-state index contributed by atoms with van der Waals surface area (Å²) in [7, 11) is 0. The largest absolute Gasteiger partial charge is 0.494 e. The van der Waals surface area contributed by atoms with E-state index in [1.807, 2.05) is 49.4 Å². The fraction of sp³-hybridized carbons (Fsp3) is 0.125. The summed E-state index contributed by atoms with van der Waals surface area (Å²) >= 11 is 0. The van der Waals surface area contributed by atoms with Gasteiger partial charge in [-0.05, 0) is 37.3 Å². The van der Waals surface area contributed by atoms with Crippen molar-refractivity contribution in [2.24, 2.45) is 0 Å². The lowest BCUT2D eigenvalue weighted by Gasteiger charge is -2.06. The standard InChI is InChI=1S/C16H14N2O2/c1-2-20-12-9-7-11(8-10-12)15-13-5-3-4-6-14(13)16(19)18-17-15/h3-10H,2H2,1H3,(H,18,19). The Balaban J connectivity index is 2.15. The minimum absolute atomic E-state index is 0.171. The van der Waals surface area contributed by atoms with Crippen LogP contribution in [0.1, 0.15) is 6.92 Å². The third-order valence-corrected chi connectivity index (χ3v) is 3.13. The second-order valence-corrected chi connectivity index (χ2v) is 4.40. The zero-order chi connectivity index (χ0) is 13.9. The van der Waals surface area contributed by atoms with Gasteiger partial charge in [-0.15, -0.1) is 0 Å². The number of nitrogens with one attached hydrogen (secondary N) is 1. The third kappa shape index (κ3) is 2.16. The Kier molecular flexibility index (Phi) is 3.21. The van der Waals surface area contributed by atoms with Crippen molar-refractivity contribution in [1.82, 2.24) is 10.2 Å². The average molecular weight is 266 g/mol. The fourth-order valence-corrected chi connectivity index (χ4v) is 2.21. The molecule has 20 heavy (non-hydrogen) atoms. The maximum absolute atomic E-state index is 11.8. The predicted molar refractivity (Wildman–Crippen MR) is 79.0 cm³/mol. The Morgan fingerprint density at radius 3 is 2.45 bits per heavy atom. The van der Waals surface area contributed by atoms with Crippen molar-refractivity contribution < 1.29 is 4.74 Å². The number of hydrogen-bond donors (Lipinski definition) is 1. The number of hydrogen-bond acceptors (Lipinski definition) is 3. The predicted octanol–water partition coefficient (Wildman–Crippen LogP) is 2.99. The van der Waals surface area contributed by atoms with E-state index in [1.165, 1.54) is 0 Å². The lowest BCUT2D eigenvalue weighted by Crippen LogP contribution is -2.09. The highest BCUT2D eigenvalue weighted by atomic mass is 16.5. The normalized spacial score (nSPS) is 10.7. The maximum Gasteiger partial charge on any atom is 0.272 e. The van der Waals surface area contributed by atoms with Crippen LogP contribution < -0.4 is 10.3 Å². The summed E-state index contributed by atoms with van der Waals surface area (Å²) in [4.78, 5) is 11.8. The Labute approximate surface area is 116 Å². The zero-order valence-electron chi connectivity index (χ0n) is 11.1. The van der Waals surface area contributed by atoms with Gasteiger partial charge in [-0.1, -0.05) is 18.2 Å². The van der Waals surface area contributed by atoms with E-state index in [4.69, 9.17) is 4.74 Å². The van der Waals surface area contributed by atoms with E-state index in [2.05, 4.69) is 10.2 Å². The molecule has 0 aliphatic heterocycles. The summed E-state index contributed by atoms with van der Waals surface area (Å²) in [6, 6.07) is 15.1. The van der Waals surface area contributed by atoms with Gasteiger partial charge < -0.3 is 4.74 Å². The molecule has 1 aromatic heterocycles. The number of H-pyrrole nitrogens is 1. The van der Waals surface area contributed by atoms with Crippen LogP contribution in [0.25, 0.3) is 22.0 Å². The number of nitrogens with zero attached hydrogens (tertiary/aromatic N) is 1. The molecule has 0 aliphatic carbocycles. The second-order valence-electron chi connectivity index (χ2n) is 4.40. The number of aromatic nitrogens is 2. The molecule has 0 saturated heterocycles. The van der Waals surface area contributed by atoms with Crippen molar-refractivity contribution in [2.45, 2.75) is 6.92 Å². The van der Waals surface area contributed by atoms with Crippen LogP contribution in [0.5, 0.6) is 5.75 Å². The molecular formula is C16H14N2O2. The van der Waals surface area contributed by atoms with Crippen molar-refractivity contribution >= 4 is 10.8 Å². The van der Waals surface area contributed by atoms with Gasteiger partial charge in [0.25, 0.3) is 5.56 Å². The van der Waals surface area contributed by atoms with Crippen LogP contribution in [-0.2, 0) is 0 Å². The minimum atomic E-state index is -0.171. The summed E-state index contributed by atoms with van der Waals surface area (Å²) in [5.41, 5.74) is 1.54. The molecule has 1 N–H and O–H groups in total. The zero-order valence-corrected chi connectivity index (χ0v) is 11.1. The van der Waals surface area contributed by atoms with Crippen LogP contribution in [0.3, 0.4) is 0 Å². The molecular weight excluding hydrogens is 252 g/mol. The molecule has 0 atom stereocenters. The highest BCUT2D eigenvalue weighted by Gasteiger charge is 2.08. The number of fused-ring (bicyclic) bond motifs is 1. The molecule has 2 aromatic carbocycles. The Bertz CT molecular complexity index is 791. The quantitative estimate of drug-likeness (QED) is 0.793. The first-order chi connectivity index (χ1) is 9.79. The molecule has 1 heterocycles. The van der Waals surface area contributed by atoms with Gasteiger partial charge in [-0.2, -0.15) is 5.10 Å². The van der Waals surface area contributed by atoms with Crippen molar-refractivity contribution in [3.05, 3.63) is 58.9 Å². The van der Waals surface area contributed by atoms with E-state index < -0.39 is 0 Å². The Hall–Kier alpha value is -2.62. The molecule has 0 fully saturated rings. The molecule has 0 amide bonds. The van der Waals surface area contributed by atoms with E-state index in [0.29, 0.717) is 12.0 Å². The van der Waals surface area contributed by atoms with Crippen molar-refractivity contribution in [3.8, 4) is 17.0 Å². The topological polar surface area (TPSA) is 55.0 Å². The monoisotopic (exact) mass is 266 g/mol. The summed E-state index contributed by atoms with van der Waals surface area (Å²) in [6.45, 7) is 2.59. The minimum Gasteiger partial charge on any atom is -0.494 e. The van der Waals surface area contributed by atoms with Crippen molar-refractivity contribution in [2.75, 3.05) is 6.61 Å². The molecule has 3 aromatic rings. The van der Waals surface area contributed by atoms with Crippen LogP contribution in [0.15, 0.2) is 53.3 Å². The summed E-state index contributed by atoms with van der Waals surface area (Å²) in [5, 5.41) is 8.21.